The van der Waals surface area contributed by atoms with E-state index in [-0.39, 0.29) is 0 Å². The molecule has 2 heterocycles. The Morgan fingerprint density at radius 2 is 1.22 bits per heavy atom. The van der Waals surface area contributed by atoms with Gasteiger partial charge in [-0.3, -0.25) is 0 Å². The Labute approximate surface area is 217 Å². The van der Waals surface area contributed by atoms with E-state index >= 15 is 0 Å². The van der Waals surface area contributed by atoms with Crippen LogP contribution in [-0.2, 0) is 0 Å². The summed E-state index contributed by atoms with van der Waals surface area (Å²) in [5, 5.41) is 4.69. The lowest BCUT2D eigenvalue weighted by atomic mass is 9.95. The van der Waals surface area contributed by atoms with E-state index in [1.807, 2.05) is 6.07 Å². The molecule has 0 aliphatic rings. The molecule has 0 N–H and O–H groups in total. The lowest BCUT2D eigenvalue weighted by Crippen LogP contribution is -2.25. The smallest absolute Gasteiger partial charge is 0.219 e. The normalized spacial score (nSPS) is 11.4. The second kappa shape index (κ2) is 8.94. The van der Waals surface area contributed by atoms with Crippen molar-refractivity contribution in [2.45, 2.75) is 20.8 Å². The van der Waals surface area contributed by atoms with Gasteiger partial charge in [-0.05, 0) is 59.2 Å². The molecule has 0 amide bonds. The monoisotopic (exact) mass is 484 g/mol. The molecule has 0 bridgehead atoms. The molecule has 0 spiro atoms. The van der Waals surface area contributed by atoms with Crippen molar-refractivity contribution in [1.29, 1.82) is 0 Å². The summed E-state index contributed by atoms with van der Waals surface area (Å²) in [5.41, 5.74) is 9.46. The second-order valence-corrected chi connectivity index (χ2v) is 9.72. The molecular weight excluding hydrogens is 454 g/mol. The van der Waals surface area contributed by atoms with Crippen molar-refractivity contribution in [1.82, 2.24) is 0 Å². The van der Waals surface area contributed by atoms with Crippen molar-refractivity contribution in [2.75, 3.05) is 14.2 Å². The molecule has 6 aromatic rings. The van der Waals surface area contributed by atoms with E-state index in [0.29, 0.717) is 0 Å². The van der Waals surface area contributed by atoms with E-state index in [2.05, 4.69) is 110 Å². The summed E-state index contributed by atoms with van der Waals surface area (Å²) in [7, 11) is 3.43. The Balaban J connectivity index is 1.64. The van der Waals surface area contributed by atoms with Gasteiger partial charge in [-0.1, -0.05) is 60.7 Å². The van der Waals surface area contributed by atoms with Crippen LogP contribution in [0.5, 0.6) is 11.5 Å². The Kier molecular flexibility index (Phi) is 5.57. The zero-order valence-corrected chi connectivity index (χ0v) is 21.9. The molecule has 4 aromatic carbocycles. The van der Waals surface area contributed by atoms with Gasteiger partial charge in [-0.2, -0.15) is 4.40 Å². The number of fused-ring (bicyclic) bond motifs is 4. The zero-order chi connectivity index (χ0) is 25.7. The topological polar surface area (TPSA) is 22.6 Å². The van der Waals surface area contributed by atoms with Gasteiger partial charge in [0.05, 0.1) is 19.6 Å². The van der Waals surface area contributed by atoms with Gasteiger partial charge in [-0.25, -0.2) is 0 Å². The highest BCUT2D eigenvalue weighted by Gasteiger charge is 2.22. The maximum Gasteiger partial charge on any atom is 0.219 e. The molecule has 37 heavy (non-hydrogen) atoms. The fourth-order valence-corrected chi connectivity index (χ4v) is 5.47. The van der Waals surface area contributed by atoms with Crippen molar-refractivity contribution in [3.8, 4) is 33.8 Å². The first kappa shape index (κ1) is 23.1. The molecule has 6 rings (SSSR count). The number of benzene rings is 4. The van der Waals surface area contributed by atoms with Gasteiger partial charge in [0.2, 0.25) is 5.52 Å². The van der Waals surface area contributed by atoms with E-state index < -0.39 is 0 Å². The van der Waals surface area contributed by atoms with Crippen LogP contribution in [0.3, 0.4) is 0 Å². The minimum atomic E-state index is 0.746. The minimum Gasteiger partial charge on any atom is -0.492 e. The van der Waals surface area contributed by atoms with Crippen LogP contribution in [0.15, 0.2) is 91.1 Å². The minimum absolute atomic E-state index is 0.746. The van der Waals surface area contributed by atoms with E-state index in [1.54, 1.807) is 14.2 Å². The van der Waals surface area contributed by atoms with Gasteiger partial charge in [0.25, 0.3) is 0 Å². The summed E-state index contributed by atoms with van der Waals surface area (Å²) >= 11 is 0. The number of hydrogen-bond donors (Lipinski definition) is 0. The molecule has 2 aromatic heterocycles. The summed E-state index contributed by atoms with van der Waals surface area (Å²) in [4.78, 5) is 0. The number of pyridine rings is 2. The maximum atomic E-state index is 5.97. The summed E-state index contributed by atoms with van der Waals surface area (Å²) in [6.07, 6.45) is 2.14. The van der Waals surface area contributed by atoms with E-state index in [0.717, 1.165) is 38.9 Å². The van der Waals surface area contributed by atoms with Crippen molar-refractivity contribution in [3.63, 3.8) is 0 Å². The third kappa shape index (κ3) is 3.70. The first-order valence-electron chi connectivity index (χ1n) is 12.6. The highest BCUT2D eigenvalue weighted by molar-refractivity contribution is 6.05. The fraction of sp³-hybridized carbons (Fsp3) is 0.147. The van der Waals surface area contributed by atoms with Crippen LogP contribution in [0.4, 0.5) is 0 Å². The van der Waals surface area contributed by atoms with Crippen LogP contribution in [0.2, 0.25) is 0 Å². The number of aromatic nitrogens is 1. The van der Waals surface area contributed by atoms with Gasteiger partial charge >= 0.3 is 0 Å². The van der Waals surface area contributed by atoms with Crippen molar-refractivity contribution < 1.29 is 13.9 Å². The van der Waals surface area contributed by atoms with Gasteiger partial charge in [0, 0.05) is 35.4 Å². The zero-order valence-electron chi connectivity index (χ0n) is 21.9. The Morgan fingerprint density at radius 3 is 1.92 bits per heavy atom. The molecule has 0 radical (unpaired) electrons. The van der Waals surface area contributed by atoms with Gasteiger partial charge in [-0.15, -0.1) is 0 Å². The van der Waals surface area contributed by atoms with Gasteiger partial charge < -0.3 is 9.47 Å². The van der Waals surface area contributed by atoms with Crippen molar-refractivity contribution >= 4 is 27.1 Å². The van der Waals surface area contributed by atoms with Crippen LogP contribution in [0.1, 0.15) is 16.8 Å². The quantitative estimate of drug-likeness (QED) is 0.144. The van der Waals surface area contributed by atoms with Crippen LogP contribution in [-0.4, -0.2) is 14.2 Å². The number of aryl methyl sites for hydroxylation is 3. The molecule has 182 valence electrons. The van der Waals surface area contributed by atoms with E-state index in [9.17, 15) is 0 Å². The molecule has 0 saturated heterocycles. The standard InChI is InChI=1S/C34H30NO2/c1-21-17-27-19-32-31-20-30(26-13-11-25(12-14-26)24-9-7-6-8-10-24)34(37-5)33(36-4)28(31)15-16-35(32)23(3)29(27)18-22(21)2/h6-20H,1-5H3/q+1. The first-order chi connectivity index (χ1) is 18.0. The highest BCUT2D eigenvalue weighted by Crippen LogP contribution is 2.45. The lowest BCUT2D eigenvalue weighted by Gasteiger charge is -2.16. The number of methoxy groups -OCH3 is 2. The summed E-state index contributed by atoms with van der Waals surface area (Å²) in [6, 6.07) is 30.4. The predicted molar refractivity (Wildman–Crippen MR) is 153 cm³/mol. The third-order valence-electron chi connectivity index (χ3n) is 7.62. The lowest BCUT2D eigenvalue weighted by molar-refractivity contribution is -0.516. The molecule has 0 aliphatic heterocycles. The predicted octanol–water partition coefficient (Wildman–Crippen LogP) is 8.01. The van der Waals surface area contributed by atoms with Crippen LogP contribution in [0.25, 0.3) is 49.3 Å². The molecule has 0 atom stereocenters. The molecule has 0 saturated carbocycles. The molecule has 0 unspecified atom stereocenters. The molecule has 3 heteroatoms. The van der Waals surface area contributed by atoms with Gasteiger partial charge in [0.1, 0.15) is 0 Å². The Morgan fingerprint density at radius 1 is 0.568 bits per heavy atom. The highest BCUT2D eigenvalue weighted by atomic mass is 16.5. The van der Waals surface area contributed by atoms with E-state index in [4.69, 9.17) is 9.47 Å². The maximum absolute atomic E-state index is 5.97. The van der Waals surface area contributed by atoms with E-state index in [1.165, 1.54) is 38.7 Å². The molecule has 0 fully saturated rings. The SMILES string of the molecule is COc1c(-c2ccc(-c3ccccc3)cc2)cc2c(cc[n+]3c(C)c4cc(C)c(C)cc4cc23)c1OC. The summed E-state index contributed by atoms with van der Waals surface area (Å²) < 4.78 is 14.2. The molecule has 0 aliphatic carbocycles. The molecular formula is C34H30NO2+. The average Bonchev–Trinajstić information content (AvgIpc) is 2.93. The van der Waals surface area contributed by atoms with Crippen LogP contribution >= 0.6 is 0 Å². The summed E-state index contributed by atoms with van der Waals surface area (Å²) in [6.45, 7) is 6.55. The largest absolute Gasteiger partial charge is 0.492 e. The average molecular weight is 485 g/mol. The Bertz CT molecular complexity index is 1800. The molecule has 3 nitrogen and oxygen atoms in total. The Hall–Kier alpha value is -4.37. The van der Waals surface area contributed by atoms with Crippen LogP contribution in [0, 0.1) is 20.8 Å². The van der Waals surface area contributed by atoms with Crippen molar-refractivity contribution in [3.05, 3.63) is 108 Å². The van der Waals surface area contributed by atoms with Crippen molar-refractivity contribution in [2.24, 2.45) is 0 Å². The third-order valence-corrected chi connectivity index (χ3v) is 7.62. The first-order valence-corrected chi connectivity index (χ1v) is 12.6. The number of ether oxygens (including phenoxy) is 2. The number of rotatable bonds is 4. The number of hydrogen-bond acceptors (Lipinski definition) is 2. The second-order valence-electron chi connectivity index (χ2n) is 9.72. The fourth-order valence-electron chi connectivity index (χ4n) is 5.47. The van der Waals surface area contributed by atoms with Crippen LogP contribution < -0.4 is 13.9 Å². The summed E-state index contributed by atoms with van der Waals surface area (Å²) in [5.74, 6) is 1.50. The number of nitrogens with zero attached hydrogens (tertiary/aromatic N) is 1. The van der Waals surface area contributed by atoms with Gasteiger partial charge in [0.15, 0.2) is 23.4 Å².